The lowest BCUT2D eigenvalue weighted by Crippen LogP contribution is -2.32. The molecule has 0 saturated heterocycles. The number of amides is 3. The molecule has 0 spiro atoms. The lowest BCUT2D eigenvalue weighted by molar-refractivity contribution is -0.120. The molecule has 0 aliphatic carbocycles. The van der Waals surface area contributed by atoms with E-state index in [1.54, 1.807) is 42.5 Å². The van der Waals surface area contributed by atoms with Gasteiger partial charge in [0.1, 0.15) is 10.7 Å². The second-order valence-electron chi connectivity index (χ2n) is 8.07. The van der Waals surface area contributed by atoms with Crippen molar-refractivity contribution in [3.63, 3.8) is 0 Å². The average Bonchev–Trinajstić information content (AvgIpc) is 3.02. The SMILES string of the molecule is Cc1ccc(N2C(=O)C(Cl)=C(Nc3ccc(CC(=O)Nc4ccc(Br)cc4C)cc3)C2=O)cc1Cl. The largest absolute Gasteiger partial charge is 0.350 e. The van der Waals surface area contributed by atoms with Gasteiger partial charge in [0.25, 0.3) is 11.8 Å². The molecule has 3 aromatic rings. The Morgan fingerprint density at radius 3 is 2.29 bits per heavy atom. The number of anilines is 3. The first-order valence-electron chi connectivity index (χ1n) is 10.6. The van der Waals surface area contributed by atoms with E-state index in [-0.39, 0.29) is 23.1 Å². The molecule has 1 aliphatic rings. The van der Waals surface area contributed by atoms with Crippen LogP contribution in [0.25, 0.3) is 0 Å². The number of benzene rings is 3. The molecule has 0 atom stereocenters. The van der Waals surface area contributed by atoms with Crippen LogP contribution in [0, 0.1) is 13.8 Å². The molecule has 178 valence electrons. The smallest absolute Gasteiger partial charge is 0.283 e. The molecule has 2 N–H and O–H groups in total. The summed E-state index contributed by atoms with van der Waals surface area (Å²) in [6, 6.07) is 17.5. The third-order valence-corrected chi connectivity index (χ3v) is 6.74. The van der Waals surface area contributed by atoms with E-state index in [2.05, 4.69) is 26.6 Å². The molecular weight excluding hydrogens is 553 g/mol. The number of hydrogen-bond acceptors (Lipinski definition) is 4. The lowest BCUT2D eigenvalue weighted by atomic mass is 10.1. The number of nitrogens with zero attached hydrogens (tertiary/aromatic N) is 1. The van der Waals surface area contributed by atoms with Crippen LogP contribution in [0.5, 0.6) is 0 Å². The zero-order valence-corrected chi connectivity index (χ0v) is 21.9. The topological polar surface area (TPSA) is 78.5 Å². The normalized spacial score (nSPS) is 13.5. The summed E-state index contributed by atoms with van der Waals surface area (Å²) in [5, 5.41) is 6.07. The summed E-state index contributed by atoms with van der Waals surface area (Å²) in [5.41, 5.74) is 4.19. The minimum Gasteiger partial charge on any atom is -0.350 e. The maximum absolute atomic E-state index is 13.0. The van der Waals surface area contributed by atoms with Crippen molar-refractivity contribution in [1.82, 2.24) is 0 Å². The van der Waals surface area contributed by atoms with Crippen LogP contribution < -0.4 is 15.5 Å². The number of halogens is 3. The number of nitrogens with one attached hydrogen (secondary N) is 2. The van der Waals surface area contributed by atoms with Gasteiger partial charge in [-0.05, 0) is 73.0 Å². The fourth-order valence-corrected chi connectivity index (χ4v) is 4.43. The van der Waals surface area contributed by atoms with Crippen LogP contribution in [0.1, 0.15) is 16.7 Å². The van der Waals surface area contributed by atoms with Gasteiger partial charge in [-0.15, -0.1) is 0 Å². The van der Waals surface area contributed by atoms with Crippen LogP contribution in [0.2, 0.25) is 5.02 Å². The Morgan fingerprint density at radius 1 is 0.914 bits per heavy atom. The Labute approximate surface area is 221 Å². The van der Waals surface area contributed by atoms with E-state index in [4.69, 9.17) is 23.2 Å². The minimum atomic E-state index is -0.629. The zero-order valence-electron chi connectivity index (χ0n) is 18.8. The van der Waals surface area contributed by atoms with Gasteiger partial charge < -0.3 is 10.6 Å². The number of rotatable bonds is 6. The predicted octanol–water partition coefficient (Wildman–Crippen LogP) is 6.34. The monoisotopic (exact) mass is 571 g/mol. The highest BCUT2D eigenvalue weighted by Crippen LogP contribution is 2.32. The van der Waals surface area contributed by atoms with Gasteiger partial charge in [0, 0.05) is 20.9 Å². The van der Waals surface area contributed by atoms with Gasteiger partial charge in [-0.25, -0.2) is 4.90 Å². The molecule has 6 nitrogen and oxygen atoms in total. The van der Waals surface area contributed by atoms with Crippen LogP contribution in [0.15, 0.2) is 75.9 Å². The van der Waals surface area contributed by atoms with Crippen molar-refractivity contribution in [2.75, 3.05) is 15.5 Å². The molecule has 0 bridgehead atoms. The summed E-state index contributed by atoms with van der Waals surface area (Å²) in [6.45, 7) is 3.75. The second kappa shape index (κ2) is 10.2. The van der Waals surface area contributed by atoms with Crippen LogP contribution in [0.4, 0.5) is 17.1 Å². The maximum atomic E-state index is 13.0. The molecular formula is C26H20BrCl2N3O3. The quantitative estimate of drug-likeness (QED) is 0.338. The average molecular weight is 573 g/mol. The Kier molecular flexibility index (Phi) is 7.31. The standard InChI is InChI=1S/C26H20BrCl2N3O3/c1-14-3-9-19(13-20(14)28)32-25(34)23(29)24(26(32)35)30-18-7-4-16(5-8-18)12-22(33)31-21-10-6-17(27)11-15(21)2/h3-11,13,30H,12H2,1-2H3,(H,31,33). The number of aryl methyl sites for hydroxylation is 2. The molecule has 9 heteroatoms. The highest BCUT2D eigenvalue weighted by atomic mass is 79.9. The predicted molar refractivity (Wildman–Crippen MR) is 143 cm³/mol. The van der Waals surface area contributed by atoms with Crippen molar-refractivity contribution >= 4 is 73.9 Å². The summed E-state index contributed by atoms with van der Waals surface area (Å²) >= 11 is 15.8. The Balaban J connectivity index is 1.43. The van der Waals surface area contributed by atoms with E-state index in [0.717, 1.165) is 31.8 Å². The van der Waals surface area contributed by atoms with Gasteiger partial charge in [0.15, 0.2) is 0 Å². The van der Waals surface area contributed by atoms with Gasteiger partial charge >= 0.3 is 0 Å². The van der Waals surface area contributed by atoms with Crippen molar-refractivity contribution in [2.45, 2.75) is 20.3 Å². The molecule has 1 aliphatic heterocycles. The molecule has 0 saturated carbocycles. The van der Waals surface area contributed by atoms with Crippen molar-refractivity contribution in [2.24, 2.45) is 0 Å². The summed E-state index contributed by atoms with van der Waals surface area (Å²) in [5.74, 6) is -1.35. The van der Waals surface area contributed by atoms with Gasteiger partial charge in [-0.1, -0.05) is 57.3 Å². The minimum absolute atomic E-state index is 0.0235. The van der Waals surface area contributed by atoms with Gasteiger partial charge in [0.2, 0.25) is 5.91 Å². The third kappa shape index (κ3) is 5.42. The van der Waals surface area contributed by atoms with E-state index >= 15 is 0 Å². The highest BCUT2D eigenvalue weighted by molar-refractivity contribution is 9.10. The van der Waals surface area contributed by atoms with Gasteiger partial charge in [-0.3, -0.25) is 14.4 Å². The van der Waals surface area contributed by atoms with E-state index < -0.39 is 11.8 Å². The molecule has 3 amide bonds. The van der Waals surface area contributed by atoms with Crippen molar-refractivity contribution in [1.29, 1.82) is 0 Å². The van der Waals surface area contributed by atoms with Gasteiger partial charge in [-0.2, -0.15) is 0 Å². The van der Waals surface area contributed by atoms with Crippen LogP contribution in [-0.4, -0.2) is 17.7 Å². The highest BCUT2D eigenvalue weighted by Gasteiger charge is 2.39. The fourth-order valence-electron chi connectivity index (χ4n) is 3.56. The first-order valence-corrected chi connectivity index (χ1v) is 12.2. The van der Waals surface area contributed by atoms with Crippen molar-refractivity contribution in [3.05, 3.63) is 97.6 Å². The number of hydrogen-bond donors (Lipinski definition) is 2. The fraction of sp³-hybridized carbons (Fsp3) is 0.115. The van der Waals surface area contributed by atoms with Crippen molar-refractivity contribution in [3.8, 4) is 0 Å². The van der Waals surface area contributed by atoms with Crippen molar-refractivity contribution < 1.29 is 14.4 Å². The maximum Gasteiger partial charge on any atom is 0.283 e. The van der Waals surface area contributed by atoms with Crippen LogP contribution >= 0.6 is 39.1 Å². The molecule has 1 heterocycles. The molecule has 4 rings (SSSR count). The molecule has 35 heavy (non-hydrogen) atoms. The second-order valence-corrected chi connectivity index (χ2v) is 9.78. The lowest BCUT2D eigenvalue weighted by Gasteiger charge is -2.16. The Morgan fingerprint density at radius 2 is 1.63 bits per heavy atom. The molecule has 0 unspecified atom stereocenters. The molecule has 0 radical (unpaired) electrons. The van der Waals surface area contributed by atoms with E-state index in [9.17, 15) is 14.4 Å². The van der Waals surface area contributed by atoms with E-state index in [1.807, 2.05) is 32.0 Å². The molecule has 3 aromatic carbocycles. The summed E-state index contributed by atoms with van der Waals surface area (Å²) in [6.07, 6.45) is 0.179. The zero-order chi connectivity index (χ0) is 25.3. The first-order chi connectivity index (χ1) is 16.6. The first kappa shape index (κ1) is 25.0. The molecule has 0 fully saturated rings. The number of carbonyl (C=O) groups excluding carboxylic acids is 3. The Bertz CT molecular complexity index is 1390. The van der Waals surface area contributed by atoms with E-state index in [0.29, 0.717) is 16.4 Å². The summed E-state index contributed by atoms with van der Waals surface area (Å²) in [4.78, 5) is 39.1. The molecule has 0 aromatic heterocycles. The van der Waals surface area contributed by atoms with Crippen LogP contribution in [-0.2, 0) is 20.8 Å². The van der Waals surface area contributed by atoms with Crippen LogP contribution in [0.3, 0.4) is 0 Å². The number of carbonyl (C=O) groups is 3. The summed E-state index contributed by atoms with van der Waals surface area (Å²) in [7, 11) is 0. The van der Waals surface area contributed by atoms with Gasteiger partial charge in [0.05, 0.1) is 12.1 Å². The third-order valence-electron chi connectivity index (χ3n) is 5.49. The number of imide groups is 1. The van der Waals surface area contributed by atoms with E-state index in [1.165, 1.54) is 0 Å². The summed E-state index contributed by atoms with van der Waals surface area (Å²) < 4.78 is 0.944. The Hall–Kier alpha value is -3.13.